The summed E-state index contributed by atoms with van der Waals surface area (Å²) in [5.41, 5.74) is 9.04. The minimum Gasteiger partial charge on any atom is -0.380 e. The van der Waals surface area contributed by atoms with Gasteiger partial charge in [0.05, 0.1) is 29.6 Å². The number of ether oxygens (including phenoxy) is 1. The number of carbonyl (C=O) groups is 1. The Kier molecular flexibility index (Phi) is 7.22. The third-order valence-corrected chi connectivity index (χ3v) is 3.43. The summed E-state index contributed by atoms with van der Waals surface area (Å²) in [6, 6.07) is 9.56. The molecule has 0 bridgehead atoms. The largest absolute Gasteiger partial charge is 0.380 e. The number of nitrogens with one attached hydrogen (secondary N) is 1. The van der Waals surface area contributed by atoms with E-state index in [1.807, 2.05) is 48.9 Å². The first kappa shape index (κ1) is 19.2. The van der Waals surface area contributed by atoms with Gasteiger partial charge in [0.15, 0.2) is 0 Å². The maximum Gasteiger partial charge on any atom is 0.227 e. The summed E-state index contributed by atoms with van der Waals surface area (Å²) >= 11 is 0. The lowest BCUT2D eigenvalue weighted by Crippen LogP contribution is -2.28. The van der Waals surface area contributed by atoms with Crippen LogP contribution in [0.1, 0.15) is 17.8 Å². The first-order valence-corrected chi connectivity index (χ1v) is 7.20. The lowest BCUT2D eigenvalue weighted by molar-refractivity contribution is -0.118. The van der Waals surface area contributed by atoms with Crippen molar-refractivity contribution in [1.29, 1.82) is 0 Å². The highest BCUT2D eigenvalue weighted by molar-refractivity contribution is 5.93. The zero-order chi connectivity index (χ0) is 16.1. The summed E-state index contributed by atoms with van der Waals surface area (Å²) in [6.45, 7) is 4.23. The zero-order valence-corrected chi connectivity index (χ0v) is 14.4. The number of hydrogen-bond acceptors (Lipinski definition) is 4. The van der Waals surface area contributed by atoms with Crippen molar-refractivity contribution in [1.82, 2.24) is 9.78 Å². The lowest BCUT2D eigenvalue weighted by Gasteiger charge is -2.15. The number of para-hydroxylation sites is 2. The normalized spacial score (nSPS) is 11.7. The van der Waals surface area contributed by atoms with Crippen LogP contribution in [0, 0.1) is 13.8 Å². The van der Waals surface area contributed by atoms with Gasteiger partial charge in [-0.05, 0) is 32.0 Å². The van der Waals surface area contributed by atoms with Crippen molar-refractivity contribution in [3.05, 3.63) is 41.7 Å². The predicted molar refractivity (Wildman–Crippen MR) is 93.4 cm³/mol. The molecule has 0 saturated heterocycles. The third kappa shape index (κ3) is 4.79. The highest BCUT2D eigenvalue weighted by Crippen LogP contribution is 2.21. The Labute approximate surface area is 142 Å². The van der Waals surface area contributed by atoms with Gasteiger partial charge in [-0.2, -0.15) is 5.10 Å². The van der Waals surface area contributed by atoms with Crippen LogP contribution in [0.3, 0.4) is 0 Å². The van der Waals surface area contributed by atoms with Crippen molar-refractivity contribution < 1.29 is 9.53 Å². The van der Waals surface area contributed by atoms with Gasteiger partial charge in [-0.25, -0.2) is 4.68 Å². The Morgan fingerprint density at radius 3 is 2.65 bits per heavy atom. The number of methoxy groups -OCH3 is 1. The molecule has 0 aliphatic carbocycles. The summed E-state index contributed by atoms with van der Waals surface area (Å²) in [7, 11) is 1.55. The van der Waals surface area contributed by atoms with E-state index in [1.54, 1.807) is 7.11 Å². The second kappa shape index (κ2) is 8.67. The van der Waals surface area contributed by atoms with E-state index in [-0.39, 0.29) is 30.8 Å². The summed E-state index contributed by atoms with van der Waals surface area (Å²) in [4.78, 5) is 12.1. The zero-order valence-electron chi connectivity index (χ0n) is 13.6. The smallest absolute Gasteiger partial charge is 0.227 e. The molecule has 7 heteroatoms. The fourth-order valence-corrected chi connectivity index (χ4v) is 2.31. The van der Waals surface area contributed by atoms with Gasteiger partial charge >= 0.3 is 0 Å². The number of nitrogens with zero attached hydrogens (tertiary/aromatic N) is 2. The van der Waals surface area contributed by atoms with Crippen LogP contribution >= 0.6 is 12.4 Å². The fourth-order valence-electron chi connectivity index (χ4n) is 2.31. The van der Waals surface area contributed by atoms with Crippen LogP contribution < -0.4 is 11.1 Å². The van der Waals surface area contributed by atoms with Gasteiger partial charge in [0.25, 0.3) is 0 Å². The molecule has 126 valence electrons. The van der Waals surface area contributed by atoms with Crippen LogP contribution in [0.2, 0.25) is 0 Å². The standard InChI is InChI=1S/C16H22N4O2.ClH/c1-11-8-12(2)20(19-11)15-7-5-4-6-14(15)18-16(21)9-13(10-17)22-3;/h4-8,13H,9-10,17H2,1-3H3,(H,18,21);1H. The number of amides is 1. The number of anilines is 1. The van der Waals surface area contributed by atoms with Gasteiger partial charge in [0.2, 0.25) is 5.91 Å². The summed E-state index contributed by atoms with van der Waals surface area (Å²) in [5, 5.41) is 7.37. The van der Waals surface area contributed by atoms with Gasteiger partial charge in [-0.3, -0.25) is 4.79 Å². The minimum absolute atomic E-state index is 0. The highest BCUT2D eigenvalue weighted by Gasteiger charge is 2.14. The topological polar surface area (TPSA) is 82.2 Å². The van der Waals surface area contributed by atoms with Crippen molar-refractivity contribution in [3.63, 3.8) is 0 Å². The van der Waals surface area contributed by atoms with Crippen molar-refractivity contribution in [2.24, 2.45) is 5.73 Å². The van der Waals surface area contributed by atoms with Crippen molar-refractivity contribution in [2.75, 3.05) is 19.0 Å². The van der Waals surface area contributed by atoms with Crippen LogP contribution in [0.4, 0.5) is 5.69 Å². The third-order valence-electron chi connectivity index (χ3n) is 3.43. The van der Waals surface area contributed by atoms with Crippen molar-refractivity contribution >= 4 is 24.0 Å². The Hall–Kier alpha value is -1.89. The molecule has 2 rings (SSSR count). The number of rotatable bonds is 6. The fraction of sp³-hybridized carbons (Fsp3) is 0.375. The van der Waals surface area contributed by atoms with Crippen molar-refractivity contribution in [2.45, 2.75) is 26.4 Å². The maximum absolute atomic E-state index is 12.1. The molecule has 23 heavy (non-hydrogen) atoms. The first-order chi connectivity index (χ1) is 10.5. The van der Waals surface area contributed by atoms with E-state index < -0.39 is 0 Å². The van der Waals surface area contributed by atoms with E-state index >= 15 is 0 Å². The Morgan fingerprint density at radius 1 is 1.39 bits per heavy atom. The molecule has 1 amide bonds. The van der Waals surface area contributed by atoms with Crippen LogP contribution in [-0.4, -0.2) is 35.4 Å². The Bertz CT molecular complexity index is 653. The molecule has 0 saturated carbocycles. The van der Waals surface area contributed by atoms with E-state index in [2.05, 4.69) is 10.4 Å². The van der Waals surface area contributed by atoms with E-state index in [4.69, 9.17) is 10.5 Å². The second-order valence-corrected chi connectivity index (χ2v) is 5.20. The van der Waals surface area contributed by atoms with Gasteiger partial charge in [-0.15, -0.1) is 12.4 Å². The molecule has 3 N–H and O–H groups in total. The van der Waals surface area contributed by atoms with Gasteiger partial charge in [-0.1, -0.05) is 12.1 Å². The Morgan fingerprint density at radius 2 is 2.09 bits per heavy atom. The molecule has 2 aromatic rings. The van der Waals surface area contributed by atoms with Crippen LogP contribution in [0.15, 0.2) is 30.3 Å². The van der Waals surface area contributed by atoms with E-state index in [0.717, 1.165) is 17.1 Å². The maximum atomic E-state index is 12.1. The lowest BCUT2D eigenvalue weighted by atomic mass is 10.2. The van der Waals surface area contributed by atoms with E-state index in [9.17, 15) is 4.79 Å². The molecule has 1 atom stereocenters. The van der Waals surface area contributed by atoms with Gasteiger partial charge in [0.1, 0.15) is 0 Å². The molecule has 6 nitrogen and oxygen atoms in total. The molecule has 1 heterocycles. The van der Waals surface area contributed by atoms with E-state index in [0.29, 0.717) is 12.2 Å². The molecule has 0 fully saturated rings. The molecule has 0 spiro atoms. The average molecular weight is 339 g/mol. The molecular formula is C16H23ClN4O2. The van der Waals surface area contributed by atoms with Gasteiger partial charge in [0, 0.05) is 19.3 Å². The van der Waals surface area contributed by atoms with Crippen LogP contribution in [0.25, 0.3) is 5.69 Å². The molecule has 1 unspecified atom stereocenters. The number of aromatic nitrogens is 2. The SMILES string of the molecule is COC(CN)CC(=O)Nc1ccccc1-n1nc(C)cc1C.Cl. The summed E-state index contributed by atoms with van der Waals surface area (Å²) in [6.07, 6.45) is -0.0563. The molecular weight excluding hydrogens is 316 g/mol. The number of halogens is 1. The summed E-state index contributed by atoms with van der Waals surface area (Å²) in [5.74, 6) is -0.133. The number of nitrogens with two attached hydrogens (primary N) is 1. The van der Waals surface area contributed by atoms with E-state index in [1.165, 1.54) is 0 Å². The quantitative estimate of drug-likeness (QED) is 0.846. The number of hydrogen-bond donors (Lipinski definition) is 2. The number of carbonyl (C=O) groups excluding carboxylic acids is 1. The minimum atomic E-state index is -0.277. The highest BCUT2D eigenvalue weighted by atomic mass is 35.5. The summed E-state index contributed by atoms with van der Waals surface area (Å²) < 4.78 is 6.96. The van der Waals surface area contributed by atoms with Crippen LogP contribution in [0.5, 0.6) is 0 Å². The molecule has 0 aliphatic heterocycles. The van der Waals surface area contributed by atoms with Gasteiger partial charge < -0.3 is 15.8 Å². The first-order valence-electron chi connectivity index (χ1n) is 7.20. The number of aryl methyl sites for hydroxylation is 2. The second-order valence-electron chi connectivity index (χ2n) is 5.20. The molecule has 1 aromatic heterocycles. The van der Waals surface area contributed by atoms with Crippen molar-refractivity contribution in [3.8, 4) is 5.69 Å². The molecule has 1 aromatic carbocycles. The number of benzene rings is 1. The van der Waals surface area contributed by atoms with Crippen LogP contribution in [-0.2, 0) is 9.53 Å². The predicted octanol–water partition coefficient (Wildman–Crippen LogP) is 2.21. The average Bonchev–Trinajstić information content (AvgIpc) is 2.84. The molecule has 0 radical (unpaired) electrons. The monoisotopic (exact) mass is 338 g/mol. The Balaban J connectivity index is 0.00000264. The molecule has 0 aliphatic rings.